The van der Waals surface area contributed by atoms with E-state index in [1.165, 1.54) is 0 Å². The number of alkyl halides is 2. The Morgan fingerprint density at radius 2 is 2.27 bits per heavy atom. The fourth-order valence-corrected chi connectivity index (χ4v) is 1.19. The van der Waals surface area contributed by atoms with Crippen molar-refractivity contribution in [2.75, 3.05) is 0 Å². The number of pyridine rings is 1. The summed E-state index contributed by atoms with van der Waals surface area (Å²) in [5, 5.41) is 18.5. The average Bonchev–Trinajstić information content (AvgIpc) is 2.16. The Kier molecular flexibility index (Phi) is 3.48. The molecular weight excluding hydrogens is 234 g/mol. The third-order valence-electron chi connectivity index (χ3n) is 1.64. The second kappa shape index (κ2) is 4.45. The SMILES string of the molecule is O=[N+]([O-])c1nc(Cl)c(C(F)F)cc1CO. The van der Waals surface area contributed by atoms with Crippen molar-refractivity contribution in [1.29, 1.82) is 0 Å². The Hall–Kier alpha value is -1.34. The molecule has 1 rings (SSSR count). The molecule has 8 heteroatoms. The molecule has 0 spiro atoms. The first-order valence-electron chi connectivity index (χ1n) is 3.70. The predicted molar refractivity (Wildman–Crippen MR) is 46.8 cm³/mol. The molecular formula is C7H5ClF2N2O3. The minimum atomic E-state index is -2.89. The van der Waals surface area contributed by atoms with Gasteiger partial charge in [-0.3, -0.25) is 0 Å². The van der Waals surface area contributed by atoms with Gasteiger partial charge in [0, 0.05) is 0 Å². The van der Waals surface area contributed by atoms with Crippen LogP contribution in [0.15, 0.2) is 6.07 Å². The van der Waals surface area contributed by atoms with Gasteiger partial charge < -0.3 is 15.2 Å². The Labute approximate surface area is 87.5 Å². The van der Waals surface area contributed by atoms with Crippen molar-refractivity contribution in [3.8, 4) is 0 Å². The van der Waals surface area contributed by atoms with E-state index in [2.05, 4.69) is 4.98 Å². The van der Waals surface area contributed by atoms with Crippen molar-refractivity contribution in [2.24, 2.45) is 0 Å². The van der Waals surface area contributed by atoms with Gasteiger partial charge in [0.15, 0.2) is 0 Å². The zero-order valence-corrected chi connectivity index (χ0v) is 7.91. The third kappa shape index (κ3) is 2.37. The van der Waals surface area contributed by atoms with Gasteiger partial charge in [-0.2, -0.15) is 0 Å². The standard InChI is InChI=1S/C7H5ClF2N2O3/c8-5-4(6(9)10)1-3(2-13)7(11-5)12(14)15/h1,6,13H,2H2. The Balaban J connectivity index is 3.35. The summed E-state index contributed by atoms with van der Waals surface area (Å²) >= 11 is 5.32. The number of hydrogen-bond acceptors (Lipinski definition) is 4. The third-order valence-corrected chi connectivity index (χ3v) is 1.94. The first kappa shape index (κ1) is 11.7. The van der Waals surface area contributed by atoms with Crippen molar-refractivity contribution in [2.45, 2.75) is 13.0 Å². The molecule has 0 aliphatic carbocycles. The molecule has 0 radical (unpaired) electrons. The normalized spacial score (nSPS) is 10.7. The number of hydrogen-bond donors (Lipinski definition) is 1. The smallest absolute Gasteiger partial charge is 0.370 e. The van der Waals surface area contributed by atoms with Crippen molar-refractivity contribution in [3.63, 3.8) is 0 Å². The van der Waals surface area contributed by atoms with E-state index in [1.807, 2.05) is 0 Å². The fourth-order valence-electron chi connectivity index (χ4n) is 0.969. The lowest BCUT2D eigenvalue weighted by Gasteiger charge is -2.03. The van der Waals surface area contributed by atoms with Crippen LogP contribution in [-0.2, 0) is 6.61 Å². The highest BCUT2D eigenvalue weighted by molar-refractivity contribution is 6.30. The molecule has 0 aliphatic rings. The molecule has 0 unspecified atom stereocenters. The van der Waals surface area contributed by atoms with Crippen LogP contribution < -0.4 is 0 Å². The molecule has 0 atom stereocenters. The Morgan fingerprint density at radius 1 is 1.67 bits per heavy atom. The summed E-state index contributed by atoms with van der Waals surface area (Å²) in [5.74, 6) is -0.716. The van der Waals surface area contributed by atoms with Crippen LogP contribution in [0.5, 0.6) is 0 Å². The van der Waals surface area contributed by atoms with Crippen molar-refractivity contribution in [1.82, 2.24) is 4.98 Å². The first-order chi connectivity index (χ1) is 6.97. The van der Waals surface area contributed by atoms with Gasteiger partial charge >= 0.3 is 5.82 Å². The molecule has 1 aromatic heterocycles. The zero-order valence-electron chi connectivity index (χ0n) is 7.15. The van der Waals surface area contributed by atoms with E-state index >= 15 is 0 Å². The first-order valence-corrected chi connectivity index (χ1v) is 4.08. The van der Waals surface area contributed by atoms with E-state index in [-0.39, 0.29) is 5.56 Å². The highest BCUT2D eigenvalue weighted by Gasteiger charge is 2.24. The van der Waals surface area contributed by atoms with Gasteiger partial charge in [0.25, 0.3) is 11.6 Å². The van der Waals surface area contributed by atoms with Gasteiger partial charge in [-0.15, -0.1) is 0 Å². The average molecular weight is 239 g/mol. The molecule has 0 bridgehead atoms. The maximum atomic E-state index is 12.3. The van der Waals surface area contributed by atoms with E-state index in [0.29, 0.717) is 0 Å². The number of halogens is 3. The van der Waals surface area contributed by atoms with E-state index in [0.717, 1.165) is 6.07 Å². The van der Waals surface area contributed by atoms with Gasteiger partial charge in [-0.05, 0) is 27.6 Å². The molecule has 0 saturated carbocycles. The van der Waals surface area contributed by atoms with Crippen LogP contribution in [0.3, 0.4) is 0 Å². The summed E-state index contributed by atoms with van der Waals surface area (Å²) in [7, 11) is 0. The van der Waals surface area contributed by atoms with Crippen molar-refractivity contribution < 1.29 is 18.8 Å². The lowest BCUT2D eigenvalue weighted by atomic mass is 10.2. The summed E-state index contributed by atoms with van der Waals surface area (Å²) in [6.45, 7) is -0.750. The van der Waals surface area contributed by atoms with E-state index < -0.39 is 34.5 Å². The fraction of sp³-hybridized carbons (Fsp3) is 0.286. The molecule has 0 fully saturated rings. The number of aliphatic hydroxyl groups is 1. The van der Waals surface area contributed by atoms with Crippen molar-refractivity contribution >= 4 is 17.4 Å². The van der Waals surface area contributed by atoms with E-state index in [4.69, 9.17) is 16.7 Å². The molecule has 15 heavy (non-hydrogen) atoms. The molecule has 0 aliphatic heterocycles. The lowest BCUT2D eigenvalue weighted by molar-refractivity contribution is -0.390. The largest absolute Gasteiger partial charge is 0.391 e. The molecule has 0 aromatic carbocycles. The number of nitro groups is 1. The van der Waals surface area contributed by atoms with Crippen LogP contribution in [0.4, 0.5) is 14.6 Å². The number of aliphatic hydroxyl groups excluding tert-OH is 1. The van der Waals surface area contributed by atoms with E-state index in [1.54, 1.807) is 0 Å². The number of rotatable bonds is 3. The summed E-state index contributed by atoms with van der Waals surface area (Å²) in [4.78, 5) is 12.7. The van der Waals surface area contributed by atoms with Crippen LogP contribution >= 0.6 is 11.6 Å². The van der Waals surface area contributed by atoms with Gasteiger partial charge in [0.05, 0.1) is 17.7 Å². The molecule has 1 heterocycles. The van der Waals surface area contributed by atoms with Gasteiger partial charge in [-0.25, -0.2) is 8.78 Å². The van der Waals surface area contributed by atoms with E-state index in [9.17, 15) is 18.9 Å². The molecule has 0 saturated heterocycles. The summed E-state index contributed by atoms with van der Waals surface area (Å²) in [5.41, 5.74) is -0.925. The van der Waals surface area contributed by atoms with Crippen LogP contribution in [0.1, 0.15) is 17.6 Å². The minimum absolute atomic E-state index is 0.292. The van der Waals surface area contributed by atoms with Crippen molar-refractivity contribution in [3.05, 3.63) is 32.5 Å². The monoisotopic (exact) mass is 238 g/mol. The second-order valence-electron chi connectivity index (χ2n) is 2.57. The maximum Gasteiger partial charge on any atom is 0.370 e. The Bertz CT molecular complexity index is 400. The molecule has 1 N–H and O–H groups in total. The predicted octanol–water partition coefficient (Wildman–Crippen LogP) is 2.07. The topological polar surface area (TPSA) is 76.3 Å². The molecule has 1 aromatic rings. The molecule has 5 nitrogen and oxygen atoms in total. The highest BCUT2D eigenvalue weighted by Crippen LogP contribution is 2.30. The highest BCUT2D eigenvalue weighted by atomic mass is 35.5. The summed E-state index contributed by atoms with van der Waals surface area (Å²) in [6.07, 6.45) is -2.89. The van der Waals surface area contributed by atoms with Crippen LogP contribution in [0.2, 0.25) is 5.15 Å². The van der Waals surface area contributed by atoms with Gasteiger partial charge in [0.2, 0.25) is 0 Å². The maximum absolute atomic E-state index is 12.3. The van der Waals surface area contributed by atoms with Crippen LogP contribution in [-0.4, -0.2) is 15.0 Å². The van der Waals surface area contributed by atoms with Gasteiger partial charge in [0.1, 0.15) is 0 Å². The number of nitrogens with zero attached hydrogens (tertiary/aromatic N) is 2. The van der Waals surface area contributed by atoms with Gasteiger partial charge in [-0.1, -0.05) is 0 Å². The zero-order chi connectivity index (χ0) is 11.6. The number of aromatic nitrogens is 1. The second-order valence-corrected chi connectivity index (χ2v) is 2.93. The quantitative estimate of drug-likeness (QED) is 0.497. The molecule has 0 amide bonds. The van der Waals surface area contributed by atoms with Crippen LogP contribution in [0, 0.1) is 10.1 Å². The van der Waals surface area contributed by atoms with Crippen LogP contribution in [0.25, 0.3) is 0 Å². The molecule has 82 valence electrons. The summed E-state index contributed by atoms with van der Waals surface area (Å²) in [6, 6.07) is 0.776. The minimum Gasteiger partial charge on any atom is -0.391 e. The lowest BCUT2D eigenvalue weighted by Crippen LogP contribution is -2.02. The Morgan fingerprint density at radius 3 is 2.67 bits per heavy atom. The summed E-state index contributed by atoms with van der Waals surface area (Å²) < 4.78 is 24.6.